The van der Waals surface area contributed by atoms with Gasteiger partial charge in [-0.1, -0.05) is 217 Å². The Morgan fingerprint density at radius 3 is 1.18 bits per heavy atom. The Morgan fingerprint density at radius 1 is 0.452 bits per heavy atom. The zero-order valence-electron chi connectivity index (χ0n) is 70.6. The van der Waals surface area contributed by atoms with Gasteiger partial charge < -0.3 is 72.7 Å². The summed E-state index contributed by atoms with van der Waals surface area (Å²) in [6, 6.07) is 85.2. The maximum atomic E-state index is 13.9. The van der Waals surface area contributed by atoms with Gasteiger partial charge in [0.05, 0.1) is 35.8 Å². The fourth-order valence-corrected chi connectivity index (χ4v) is 17.2. The SMILES string of the molecule is Cc1cc(C)n(-c2ccc(C(=O)NC[C@@H]3CCN(CC(c4ccccc4)c4ccccc4)C(=O)[C@H](CCCN)N3)cc2)n1.NCCC[C@@H]1N[C@H](CNC(=O)c2cc(-c3ccco3)on2)CCN(CC(c2ccccc2)c2ccccc2)C1=O.NCCC[C@@H]1N[C@H](CNC(=O)c2csc(-c3ccccc3)n2)CCN(CC(c2ccccc2)c2ccccc2)C1=O. The van der Waals surface area contributed by atoms with Crippen molar-refractivity contribution < 1.29 is 37.7 Å². The van der Waals surface area contributed by atoms with Gasteiger partial charge in [-0.3, -0.25) is 28.8 Å². The fraction of sp³-hybridized carbons (Fsp3) is 0.323. The second-order valence-electron chi connectivity index (χ2n) is 31.9. The second-order valence-corrected chi connectivity index (χ2v) is 32.7. The minimum atomic E-state index is -0.377. The lowest BCUT2D eigenvalue weighted by Crippen LogP contribution is -2.49. The van der Waals surface area contributed by atoms with Gasteiger partial charge in [0.2, 0.25) is 23.5 Å². The van der Waals surface area contributed by atoms with E-state index >= 15 is 0 Å². The predicted octanol–water partition coefficient (Wildman–Crippen LogP) is 12.8. The van der Waals surface area contributed by atoms with Crippen LogP contribution >= 0.6 is 11.3 Å². The molecule has 0 spiro atoms. The molecule has 15 rings (SSSR count). The molecule has 0 bridgehead atoms. The molecule has 124 heavy (non-hydrogen) atoms. The molecule has 3 saturated heterocycles. The third kappa shape index (κ3) is 24.8. The van der Waals surface area contributed by atoms with Crippen LogP contribution in [0.4, 0.5) is 0 Å². The molecule has 6 amide bonds. The number of benzene rings is 8. The Bertz CT molecular complexity index is 5160. The molecule has 12 N–H and O–H groups in total. The highest BCUT2D eigenvalue weighted by Crippen LogP contribution is 2.32. The van der Waals surface area contributed by atoms with Crippen molar-refractivity contribution in [1.29, 1.82) is 0 Å². The van der Waals surface area contributed by atoms with Crippen LogP contribution in [0.25, 0.3) is 27.8 Å². The predicted molar refractivity (Wildman–Crippen MR) is 487 cm³/mol. The summed E-state index contributed by atoms with van der Waals surface area (Å²) in [6.45, 7) is 10.3. The van der Waals surface area contributed by atoms with Crippen molar-refractivity contribution in [3.8, 4) is 27.8 Å². The number of carbonyl (C=O) groups is 6. The van der Waals surface area contributed by atoms with Crippen molar-refractivity contribution >= 4 is 46.8 Å². The molecule has 4 aromatic heterocycles. The molecule has 0 radical (unpaired) electrons. The van der Waals surface area contributed by atoms with Crippen molar-refractivity contribution in [3.05, 3.63) is 334 Å². The molecule has 6 atom stereocenters. The third-order valence-electron chi connectivity index (χ3n) is 23.1. The minimum absolute atomic E-state index is 0.0402. The number of hydrogen-bond acceptors (Lipinski definition) is 18. The van der Waals surface area contributed by atoms with Crippen LogP contribution in [-0.2, 0) is 14.4 Å². The summed E-state index contributed by atoms with van der Waals surface area (Å²) in [5.74, 6) is 0.640. The Morgan fingerprint density at radius 2 is 0.823 bits per heavy atom. The van der Waals surface area contributed by atoms with E-state index in [1.54, 1.807) is 23.6 Å². The van der Waals surface area contributed by atoms with E-state index in [1.165, 1.54) is 51.0 Å². The molecular formula is C99H114N16O8S. The molecule has 8 aromatic carbocycles. The summed E-state index contributed by atoms with van der Waals surface area (Å²) in [7, 11) is 0. The van der Waals surface area contributed by atoms with Crippen molar-refractivity contribution in [1.82, 2.24) is 66.5 Å². The number of thiazole rings is 1. The van der Waals surface area contributed by atoms with Crippen LogP contribution in [-0.4, -0.2) is 185 Å². The van der Waals surface area contributed by atoms with Crippen molar-refractivity contribution in [2.45, 2.75) is 126 Å². The highest BCUT2D eigenvalue weighted by molar-refractivity contribution is 7.13. The number of nitrogens with zero attached hydrogens (tertiary/aromatic N) is 7. The number of amides is 6. The van der Waals surface area contributed by atoms with E-state index in [0.717, 1.165) is 59.8 Å². The second kappa shape index (κ2) is 45.7. The van der Waals surface area contributed by atoms with Crippen LogP contribution < -0.4 is 49.1 Å². The van der Waals surface area contributed by atoms with E-state index in [2.05, 4.69) is 120 Å². The fourth-order valence-electron chi connectivity index (χ4n) is 16.4. The van der Waals surface area contributed by atoms with Gasteiger partial charge >= 0.3 is 0 Å². The molecule has 0 saturated carbocycles. The lowest BCUT2D eigenvalue weighted by molar-refractivity contribution is -0.133. The minimum Gasteiger partial charge on any atom is -0.461 e. The quantitative estimate of drug-likeness (QED) is 0.0184. The number of aryl methyl sites for hydroxylation is 2. The summed E-state index contributed by atoms with van der Waals surface area (Å²) >= 11 is 1.46. The monoisotopic (exact) mass is 1690 g/mol. The summed E-state index contributed by atoms with van der Waals surface area (Å²) in [5, 5.41) is 30.7. The molecular weight excluding hydrogens is 1570 g/mol. The zero-order chi connectivity index (χ0) is 86.4. The average Bonchev–Trinajstić information content (AvgIpc) is 1.39. The van der Waals surface area contributed by atoms with Crippen LogP contribution in [0.5, 0.6) is 0 Å². The van der Waals surface area contributed by atoms with E-state index in [1.807, 2.05) is 203 Å². The first-order chi connectivity index (χ1) is 60.7. The molecule has 3 fully saturated rings. The van der Waals surface area contributed by atoms with E-state index < -0.39 is 0 Å². The van der Waals surface area contributed by atoms with Crippen LogP contribution in [0.1, 0.15) is 152 Å². The van der Waals surface area contributed by atoms with Gasteiger partial charge in [0.1, 0.15) is 10.7 Å². The Hall–Kier alpha value is -12.3. The van der Waals surface area contributed by atoms with Gasteiger partial charge in [0.15, 0.2) is 11.5 Å². The first-order valence-electron chi connectivity index (χ1n) is 43.2. The Kier molecular flexibility index (Phi) is 33.0. The number of carbonyl (C=O) groups excluding carboxylic acids is 6. The topological polar surface area (TPSA) is 332 Å². The van der Waals surface area contributed by atoms with E-state index in [-0.39, 0.29) is 95.1 Å². The lowest BCUT2D eigenvalue weighted by Gasteiger charge is -2.29. The standard InChI is InChI=1S/C35H42N6O2.C33H37N5O2S.C31H35N5O4/c1-25-22-26(2)41(39-25)31-17-15-29(16-18-31)34(42)37-23-30-19-21-40(35(43)33(38-30)14-9-20-36)24-32(27-10-5-3-6-11-27)28-12-7-4-8-13-28;34-19-10-17-29-33(40)38(22-28(24-11-4-1-5-12-24)25-13-6-2-7-14-25)20-18-27(36-29)21-35-31(39)30-23-41-32(37-30)26-15-8-3-9-16-26;32-16-7-13-26-31(38)36(21-25(22-9-3-1-4-10-22)23-11-5-2-6-12-23)17-15-24(34-26)20-33-30(37)27-19-29(40-35-27)28-14-8-18-39-28/h3-8,10-13,15-18,22,30,32-33,38H,9,14,19-21,23-24,36H2,1-2H3,(H,37,42);1-9,11-16,23,27-29,36H,10,17-22,34H2,(H,35,39);1-6,8-12,14,18-19,24-26,34H,7,13,15-17,20-21,32H2,(H,33,37)/t30-,33-;27-,29-;24-,26-/m000/s1. The molecule has 3 aliphatic rings. The largest absolute Gasteiger partial charge is 0.461 e. The first-order valence-corrected chi connectivity index (χ1v) is 44.1. The molecule has 12 aromatic rings. The number of furan rings is 1. The van der Waals surface area contributed by atoms with Gasteiger partial charge in [-0.05, 0) is 167 Å². The Balaban J connectivity index is 0.000000160. The average molecular weight is 1690 g/mol. The summed E-state index contributed by atoms with van der Waals surface area (Å²) < 4.78 is 12.4. The van der Waals surface area contributed by atoms with Crippen LogP contribution in [0.15, 0.2) is 281 Å². The number of aromatic nitrogens is 4. The van der Waals surface area contributed by atoms with Crippen LogP contribution in [0, 0.1) is 13.8 Å². The third-order valence-corrected chi connectivity index (χ3v) is 24.0. The lowest BCUT2D eigenvalue weighted by atomic mass is 9.90. The van der Waals surface area contributed by atoms with Gasteiger partial charge in [-0.2, -0.15) is 5.10 Å². The summed E-state index contributed by atoms with van der Waals surface area (Å²) in [5.41, 5.74) is 29.6. The van der Waals surface area contributed by atoms with E-state index in [9.17, 15) is 28.8 Å². The molecule has 7 heterocycles. The molecule has 24 nitrogen and oxygen atoms in total. The van der Waals surface area contributed by atoms with Gasteiger partial charge in [0.25, 0.3) is 17.7 Å². The van der Waals surface area contributed by atoms with Crippen LogP contribution in [0.3, 0.4) is 0 Å². The molecule has 25 heteroatoms. The van der Waals surface area contributed by atoms with E-state index in [4.69, 9.17) is 26.1 Å². The number of nitrogens with two attached hydrogens (primary N) is 3. The normalized spacial score (nSPS) is 17.4. The van der Waals surface area contributed by atoms with Gasteiger partial charge in [-0.25, -0.2) is 9.67 Å². The van der Waals surface area contributed by atoms with Gasteiger partial charge in [0, 0.05) is 123 Å². The molecule has 3 aliphatic heterocycles. The van der Waals surface area contributed by atoms with Crippen molar-refractivity contribution in [2.24, 2.45) is 17.2 Å². The molecule has 0 aliphatic carbocycles. The number of nitrogens with one attached hydrogen (secondary N) is 6. The molecule has 0 unspecified atom stereocenters. The smallest absolute Gasteiger partial charge is 0.273 e. The maximum Gasteiger partial charge on any atom is 0.273 e. The highest BCUT2D eigenvalue weighted by atomic mass is 32.1. The van der Waals surface area contributed by atoms with E-state index in [0.29, 0.717) is 127 Å². The zero-order valence-corrected chi connectivity index (χ0v) is 71.4. The maximum absolute atomic E-state index is 13.9. The summed E-state index contributed by atoms with van der Waals surface area (Å²) in [4.78, 5) is 90.8. The number of hydrogen-bond donors (Lipinski definition) is 9. The number of rotatable bonds is 33. The van der Waals surface area contributed by atoms with Crippen LogP contribution in [0.2, 0.25) is 0 Å². The van der Waals surface area contributed by atoms with Crippen molar-refractivity contribution in [2.75, 3.05) is 78.5 Å². The highest BCUT2D eigenvalue weighted by Gasteiger charge is 2.37. The Labute approximate surface area is 730 Å². The first kappa shape index (κ1) is 89.4. The van der Waals surface area contributed by atoms with Crippen molar-refractivity contribution in [3.63, 3.8) is 0 Å². The molecule has 644 valence electrons. The summed E-state index contributed by atoms with van der Waals surface area (Å²) in [6.07, 6.45) is 7.86. The van der Waals surface area contributed by atoms with Gasteiger partial charge in [-0.15, -0.1) is 11.3 Å².